The molecule has 0 spiro atoms. The van der Waals surface area contributed by atoms with Gasteiger partial charge in [-0.15, -0.1) is 0 Å². The summed E-state index contributed by atoms with van der Waals surface area (Å²) in [5.41, 5.74) is -0.412. The minimum atomic E-state index is -0.649. The first-order chi connectivity index (χ1) is 10.5. The zero-order chi connectivity index (χ0) is 17.8. The third-order valence-electron chi connectivity index (χ3n) is 3.36. The molecule has 0 fully saturated rings. The highest BCUT2D eigenvalue weighted by molar-refractivity contribution is 5.84. The molecule has 0 aliphatic carbocycles. The van der Waals surface area contributed by atoms with Crippen LogP contribution in [-0.2, 0) is 9.59 Å². The summed E-state index contributed by atoms with van der Waals surface area (Å²) in [4.78, 5) is 24.8. The summed E-state index contributed by atoms with van der Waals surface area (Å²) < 4.78 is 5.36. The lowest BCUT2D eigenvalue weighted by Crippen LogP contribution is -2.47. The molecule has 23 heavy (non-hydrogen) atoms. The van der Waals surface area contributed by atoms with E-state index in [1.807, 2.05) is 59.7 Å². The number of ether oxygens (including phenoxy) is 1. The van der Waals surface area contributed by atoms with E-state index in [0.29, 0.717) is 11.3 Å². The van der Waals surface area contributed by atoms with E-state index in [1.54, 1.807) is 13.2 Å². The van der Waals surface area contributed by atoms with Crippen LogP contribution in [0.2, 0.25) is 0 Å². The van der Waals surface area contributed by atoms with Crippen LogP contribution in [0.4, 0.5) is 0 Å². The number of benzene rings is 1. The van der Waals surface area contributed by atoms with Gasteiger partial charge in [0.1, 0.15) is 11.9 Å². The molecule has 0 atom stereocenters. The average Bonchev–Trinajstić information content (AvgIpc) is 2.44. The number of methoxy groups -OCH3 is 1. The van der Waals surface area contributed by atoms with Gasteiger partial charge >= 0.3 is 0 Å². The number of amides is 2. The fourth-order valence-electron chi connectivity index (χ4n) is 1.79. The van der Waals surface area contributed by atoms with E-state index in [4.69, 9.17) is 4.74 Å². The standard InChI is InChI=1S/C18H28N2O3/c1-17(2,3)15(21)19-14(20-16(22)18(4,5)6)12-10-8-9-11-13(12)23-7/h8-11,14H,1-7H3,(H,19,21)(H,20,22). The minimum Gasteiger partial charge on any atom is -0.496 e. The Balaban J connectivity index is 3.16. The van der Waals surface area contributed by atoms with E-state index in [9.17, 15) is 9.59 Å². The molecule has 0 bridgehead atoms. The molecule has 1 aromatic rings. The quantitative estimate of drug-likeness (QED) is 0.838. The van der Waals surface area contributed by atoms with Crippen LogP contribution in [0, 0.1) is 10.8 Å². The fraction of sp³-hybridized carbons (Fsp3) is 0.556. The summed E-state index contributed by atoms with van der Waals surface area (Å²) in [6.07, 6.45) is -0.649. The Kier molecular flexibility index (Phi) is 5.81. The molecule has 2 N–H and O–H groups in total. The summed E-state index contributed by atoms with van der Waals surface area (Å²) in [6.45, 7) is 11.0. The van der Waals surface area contributed by atoms with E-state index in [0.717, 1.165) is 0 Å². The van der Waals surface area contributed by atoms with Gasteiger partial charge in [0.15, 0.2) is 0 Å². The van der Waals surface area contributed by atoms with E-state index >= 15 is 0 Å². The van der Waals surface area contributed by atoms with Crippen LogP contribution >= 0.6 is 0 Å². The highest BCUT2D eigenvalue weighted by Gasteiger charge is 2.30. The number of hydrogen-bond acceptors (Lipinski definition) is 3. The first-order valence-corrected chi connectivity index (χ1v) is 7.71. The normalized spacial score (nSPS) is 12.0. The fourth-order valence-corrected chi connectivity index (χ4v) is 1.79. The van der Waals surface area contributed by atoms with Gasteiger partial charge in [-0.2, -0.15) is 0 Å². The van der Waals surface area contributed by atoms with Crippen LogP contribution in [-0.4, -0.2) is 18.9 Å². The molecule has 5 heteroatoms. The smallest absolute Gasteiger partial charge is 0.227 e. The lowest BCUT2D eigenvalue weighted by atomic mass is 9.94. The number of carbonyl (C=O) groups is 2. The van der Waals surface area contributed by atoms with Gasteiger partial charge in [-0.05, 0) is 6.07 Å². The van der Waals surface area contributed by atoms with Gasteiger partial charge in [0, 0.05) is 16.4 Å². The second kappa shape index (κ2) is 7.02. The van der Waals surface area contributed by atoms with Crippen LogP contribution in [0.3, 0.4) is 0 Å². The molecular weight excluding hydrogens is 292 g/mol. The second-order valence-corrected chi connectivity index (χ2v) is 7.62. The summed E-state index contributed by atoms with van der Waals surface area (Å²) in [5.74, 6) is 0.311. The van der Waals surface area contributed by atoms with Gasteiger partial charge in [0.2, 0.25) is 11.8 Å². The maximum absolute atomic E-state index is 12.4. The molecule has 0 radical (unpaired) electrons. The molecule has 1 aromatic carbocycles. The molecule has 1 rings (SSSR count). The second-order valence-electron chi connectivity index (χ2n) is 7.62. The van der Waals surface area contributed by atoms with Crippen molar-refractivity contribution in [2.75, 3.05) is 7.11 Å². The Hall–Kier alpha value is -2.04. The van der Waals surface area contributed by atoms with E-state index < -0.39 is 17.0 Å². The highest BCUT2D eigenvalue weighted by Crippen LogP contribution is 2.26. The maximum Gasteiger partial charge on any atom is 0.227 e. The SMILES string of the molecule is COc1ccccc1C(NC(=O)C(C)(C)C)NC(=O)C(C)(C)C. The van der Waals surface area contributed by atoms with Crippen LogP contribution in [0.25, 0.3) is 0 Å². The van der Waals surface area contributed by atoms with E-state index in [2.05, 4.69) is 10.6 Å². The average molecular weight is 320 g/mol. The molecule has 2 amide bonds. The molecule has 128 valence electrons. The van der Waals surface area contributed by atoms with Crippen LogP contribution in [0.5, 0.6) is 5.75 Å². The summed E-state index contributed by atoms with van der Waals surface area (Å²) in [5, 5.41) is 5.80. The van der Waals surface area contributed by atoms with Crippen molar-refractivity contribution >= 4 is 11.8 Å². The van der Waals surface area contributed by atoms with Gasteiger partial charge in [-0.3, -0.25) is 9.59 Å². The summed E-state index contributed by atoms with van der Waals surface area (Å²) in [7, 11) is 1.56. The van der Waals surface area contributed by atoms with Gasteiger partial charge in [-0.1, -0.05) is 59.7 Å². The van der Waals surface area contributed by atoms with Crippen molar-refractivity contribution in [1.82, 2.24) is 10.6 Å². The Labute approximate surface area is 138 Å². The number of para-hydroxylation sites is 1. The Morgan fingerprint density at radius 3 is 1.74 bits per heavy atom. The molecule has 0 heterocycles. The molecule has 0 aromatic heterocycles. The van der Waals surface area contributed by atoms with Crippen molar-refractivity contribution < 1.29 is 14.3 Å². The van der Waals surface area contributed by atoms with Crippen molar-refractivity contribution in [3.05, 3.63) is 29.8 Å². The van der Waals surface area contributed by atoms with Gasteiger partial charge < -0.3 is 15.4 Å². The zero-order valence-corrected chi connectivity index (χ0v) is 15.1. The molecule has 0 saturated carbocycles. The molecular formula is C18H28N2O3. The van der Waals surface area contributed by atoms with Crippen molar-refractivity contribution in [2.45, 2.75) is 47.7 Å². The number of hydrogen-bond donors (Lipinski definition) is 2. The maximum atomic E-state index is 12.4. The topological polar surface area (TPSA) is 67.4 Å². The van der Waals surface area contributed by atoms with Gasteiger partial charge in [-0.25, -0.2) is 0 Å². The lowest BCUT2D eigenvalue weighted by Gasteiger charge is -2.29. The molecule has 0 saturated heterocycles. The van der Waals surface area contributed by atoms with Crippen molar-refractivity contribution in [3.8, 4) is 5.75 Å². The van der Waals surface area contributed by atoms with Gasteiger partial charge in [0.25, 0.3) is 0 Å². The predicted octanol–water partition coefficient (Wildman–Crippen LogP) is 3.02. The Bertz CT molecular complexity index is 540. The first-order valence-electron chi connectivity index (χ1n) is 7.71. The minimum absolute atomic E-state index is 0.150. The Morgan fingerprint density at radius 1 is 0.913 bits per heavy atom. The largest absolute Gasteiger partial charge is 0.496 e. The molecule has 0 unspecified atom stereocenters. The first kappa shape index (κ1) is 19.0. The molecule has 5 nitrogen and oxygen atoms in total. The van der Waals surface area contributed by atoms with Crippen molar-refractivity contribution in [1.29, 1.82) is 0 Å². The van der Waals surface area contributed by atoms with Crippen LogP contribution < -0.4 is 15.4 Å². The summed E-state index contributed by atoms with van der Waals surface area (Å²) >= 11 is 0. The van der Waals surface area contributed by atoms with Crippen LogP contribution in [0.15, 0.2) is 24.3 Å². The predicted molar refractivity (Wildman–Crippen MR) is 90.9 cm³/mol. The van der Waals surface area contributed by atoms with Gasteiger partial charge in [0.05, 0.1) is 7.11 Å². The van der Waals surface area contributed by atoms with E-state index in [1.165, 1.54) is 0 Å². The molecule has 0 aliphatic rings. The van der Waals surface area contributed by atoms with E-state index in [-0.39, 0.29) is 11.8 Å². The monoisotopic (exact) mass is 320 g/mol. The highest BCUT2D eigenvalue weighted by atomic mass is 16.5. The third-order valence-corrected chi connectivity index (χ3v) is 3.36. The number of rotatable bonds is 4. The zero-order valence-electron chi connectivity index (χ0n) is 15.1. The van der Waals surface area contributed by atoms with Crippen LogP contribution in [0.1, 0.15) is 53.3 Å². The molecule has 0 aliphatic heterocycles. The Morgan fingerprint density at radius 2 is 1.35 bits per heavy atom. The lowest BCUT2D eigenvalue weighted by molar-refractivity contribution is -0.132. The third kappa shape index (κ3) is 5.27. The van der Waals surface area contributed by atoms with Crippen molar-refractivity contribution in [2.24, 2.45) is 10.8 Å². The number of nitrogens with one attached hydrogen (secondary N) is 2. The summed E-state index contributed by atoms with van der Waals surface area (Å²) in [6, 6.07) is 7.32. The number of carbonyl (C=O) groups excluding carboxylic acids is 2. The van der Waals surface area contributed by atoms with Crippen molar-refractivity contribution in [3.63, 3.8) is 0 Å².